The lowest BCUT2D eigenvalue weighted by atomic mass is 9.84. The fraction of sp³-hybridized carbons (Fsp3) is 0.867. The molecule has 0 aromatic carbocycles. The predicted octanol–water partition coefficient (Wildman–Crippen LogP) is 0.676. The summed E-state index contributed by atoms with van der Waals surface area (Å²) in [5.74, 6) is 0.192. The van der Waals surface area contributed by atoms with E-state index in [4.69, 9.17) is 5.73 Å². The number of likely N-dealkylation sites (tertiary alicyclic amines) is 1. The first-order chi connectivity index (χ1) is 10.1. The minimum absolute atomic E-state index is 0. The van der Waals surface area contributed by atoms with Crippen LogP contribution in [0.5, 0.6) is 0 Å². The van der Waals surface area contributed by atoms with Crippen LogP contribution in [0.2, 0.25) is 0 Å². The Morgan fingerprint density at radius 2 is 1.74 bits per heavy atom. The molecule has 2 fully saturated rings. The van der Waals surface area contributed by atoms with E-state index in [0.717, 1.165) is 51.6 Å². The number of rotatable bonds is 5. The number of amides is 2. The maximum absolute atomic E-state index is 12.5. The Bertz CT molecular complexity index is 382. The first-order valence-electron chi connectivity index (χ1n) is 8.03. The SMILES string of the molecule is CNC(=O)CN1CCC(NC(=O)C2(CN)CCCC2)CC1.Cl.Cl. The highest BCUT2D eigenvalue weighted by Gasteiger charge is 2.40. The molecule has 23 heavy (non-hydrogen) atoms. The summed E-state index contributed by atoms with van der Waals surface area (Å²) in [7, 11) is 1.66. The first kappa shape index (κ1) is 22.4. The summed E-state index contributed by atoms with van der Waals surface area (Å²) in [5, 5.41) is 5.84. The van der Waals surface area contributed by atoms with Gasteiger partial charge in [-0.15, -0.1) is 24.8 Å². The van der Waals surface area contributed by atoms with E-state index in [2.05, 4.69) is 15.5 Å². The molecule has 8 heteroatoms. The van der Waals surface area contributed by atoms with Crippen LogP contribution in [0.15, 0.2) is 0 Å². The summed E-state index contributed by atoms with van der Waals surface area (Å²) < 4.78 is 0. The van der Waals surface area contributed by atoms with Crippen molar-refractivity contribution in [3.05, 3.63) is 0 Å². The van der Waals surface area contributed by atoms with Crippen molar-refractivity contribution >= 4 is 36.6 Å². The van der Waals surface area contributed by atoms with E-state index in [0.29, 0.717) is 13.1 Å². The molecule has 2 aliphatic rings. The Labute approximate surface area is 151 Å². The number of nitrogens with one attached hydrogen (secondary N) is 2. The summed E-state index contributed by atoms with van der Waals surface area (Å²) in [4.78, 5) is 26.0. The Kier molecular flexibility index (Phi) is 10.1. The molecule has 4 N–H and O–H groups in total. The average molecular weight is 369 g/mol. The van der Waals surface area contributed by atoms with Crippen LogP contribution < -0.4 is 16.4 Å². The van der Waals surface area contributed by atoms with Crippen molar-refractivity contribution in [3.63, 3.8) is 0 Å². The highest BCUT2D eigenvalue weighted by Crippen LogP contribution is 2.37. The summed E-state index contributed by atoms with van der Waals surface area (Å²) in [6.07, 6.45) is 5.87. The third kappa shape index (κ3) is 5.78. The van der Waals surface area contributed by atoms with Crippen molar-refractivity contribution in [1.29, 1.82) is 0 Å². The number of nitrogens with two attached hydrogens (primary N) is 1. The van der Waals surface area contributed by atoms with E-state index in [-0.39, 0.29) is 48.1 Å². The minimum Gasteiger partial charge on any atom is -0.358 e. The Morgan fingerprint density at radius 1 is 1.17 bits per heavy atom. The zero-order chi connectivity index (χ0) is 15.3. The van der Waals surface area contributed by atoms with Crippen molar-refractivity contribution in [2.75, 3.05) is 33.2 Å². The number of likely N-dealkylation sites (N-methyl/N-ethyl adjacent to an activating group) is 1. The van der Waals surface area contributed by atoms with E-state index in [1.54, 1.807) is 7.05 Å². The zero-order valence-corrected chi connectivity index (χ0v) is 15.4. The van der Waals surface area contributed by atoms with Crippen molar-refractivity contribution in [2.45, 2.75) is 44.6 Å². The van der Waals surface area contributed by atoms with Crippen LogP contribution >= 0.6 is 24.8 Å². The van der Waals surface area contributed by atoms with Crippen molar-refractivity contribution < 1.29 is 9.59 Å². The van der Waals surface area contributed by atoms with Gasteiger partial charge >= 0.3 is 0 Å². The molecule has 0 aromatic rings. The number of hydrogen-bond donors (Lipinski definition) is 3. The molecule has 1 aliphatic heterocycles. The van der Waals surface area contributed by atoms with E-state index >= 15 is 0 Å². The van der Waals surface area contributed by atoms with Gasteiger partial charge in [-0.05, 0) is 25.7 Å². The van der Waals surface area contributed by atoms with Crippen molar-refractivity contribution in [2.24, 2.45) is 11.1 Å². The summed E-state index contributed by atoms with van der Waals surface area (Å²) in [5.41, 5.74) is 5.53. The van der Waals surface area contributed by atoms with Gasteiger partial charge in [-0.3, -0.25) is 14.5 Å². The second kappa shape index (κ2) is 10.3. The zero-order valence-electron chi connectivity index (χ0n) is 13.8. The van der Waals surface area contributed by atoms with E-state index < -0.39 is 0 Å². The van der Waals surface area contributed by atoms with Gasteiger partial charge in [0.2, 0.25) is 11.8 Å². The maximum atomic E-state index is 12.5. The number of hydrogen-bond acceptors (Lipinski definition) is 4. The molecule has 1 heterocycles. The molecule has 0 spiro atoms. The van der Waals surface area contributed by atoms with Crippen LogP contribution in [0.4, 0.5) is 0 Å². The highest BCUT2D eigenvalue weighted by atomic mass is 35.5. The van der Waals surface area contributed by atoms with Crippen LogP contribution in [-0.2, 0) is 9.59 Å². The number of carbonyl (C=O) groups is 2. The molecule has 0 unspecified atom stereocenters. The normalized spacial score (nSPS) is 21.0. The van der Waals surface area contributed by atoms with Crippen LogP contribution in [-0.4, -0.2) is 56.0 Å². The number of piperidine rings is 1. The Hall–Kier alpha value is -0.560. The van der Waals surface area contributed by atoms with Gasteiger partial charge in [0.25, 0.3) is 0 Å². The predicted molar refractivity (Wildman–Crippen MR) is 96.1 cm³/mol. The van der Waals surface area contributed by atoms with E-state index in [1.807, 2.05) is 0 Å². The lowest BCUT2D eigenvalue weighted by Gasteiger charge is -2.34. The minimum atomic E-state index is -0.320. The molecule has 0 radical (unpaired) electrons. The van der Waals surface area contributed by atoms with Crippen molar-refractivity contribution in [1.82, 2.24) is 15.5 Å². The summed E-state index contributed by atoms with van der Waals surface area (Å²) >= 11 is 0. The van der Waals surface area contributed by atoms with Gasteiger partial charge in [-0.1, -0.05) is 12.8 Å². The second-order valence-electron chi connectivity index (χ2n) is 6.39. The first-order valence-corrected chi connectivity index (χ1v) is 8.03. The molecule has 0 aromatic heterocycles. The Balaban J connectivity index is 0.00000242. The maximum Gasteiger partial charge on any atom is 0.233 e. The van der Waals surface area contributed by atoms with Gasteiger partial charge in [-0.25, -0.2) is 0 Å². The van der Waals surface area contributed by atoms with Crippen LogP contribution in [0.25, 0.3) is 0 Å². The fourth-order valence-corrected chi connectivity index (χ4v) is 3.43. The lowest BCUT2D eigenvalue weighted by molar-refractivity contribution is -0.131. The third-order valence-electron chi connectivity index (χ3n) is 5.00. The monoisotopic (exact) mass is 368 g/mol. The van der Waals surface area contributed by atoms with Gasteiger partial charge in [0.05, 0.1) is 12.0 Å². The fourth-order valence-electron chi connectivity index (χ4n) is 3.43. The van der Waals surface area contributed by atoms with Gasteiger partial charge < -0.3 is 16.4 Å². The molecule has 1 saturated carbocycles. The van der Waals surface area contributed by atoms with Crippen LogP contribution in [0.3, 0.4) is 0 Å². The number of halogens is 2. The average Bonchev–Trinajstić information content (AvgIpc) is 2.99. The van der Waals surface area contributed by atoms with E-state index in [1.165, 1.54) is 0 Å². The molecule has 1 saturated heterocycles. The standard InChI is InChI=1S/C15H28N4O2.2ClH/c1-17-13(20)10-19-8-4-12(5-9-19)18-14(21)15(11-16)6-2-3-7-15;;/h12H,2-11,16H2,1H3,(H,17,20)(H,18,21);2*1H. The topological polar surface area (TPSA) is 87.5 Å². The van der Waals surface area contributed by atoms with Crippen molar-refractivity contribution in [3.8, 4) is 0 Å². The smallest absolute Gasteiger partial charge is 0.233 e. The lowest BCUT2D eigenvalue weighted by Crippen LogP contribution is -2.51. The van der Waals surface area contributed by atoms with E-state index in [9.17, 15) is 9.59 Å². The third-order valence-corrected chi connectivity index (χ3v) is 5.00. The quantitative estimate of drug-likeness (QED) is 0.665. The van der Waals surface area contributed by atoms with Gasteiger partial charge in [0.15, 0.2) is 0 Å². The molecule has 2 rings (SSSR count). The highest BCUT2D eigenvalue weighted by molar-refractivity contribution is 5.85. The summed E-state index contributed by atoms with van der Waals surface area (Å²) in [6.45, 7) is 2.61. The molecule has 0 atom stereocenters. The van der Waals surface area contributed by atoms with Gasteiger partial charge in [0, 0.05) is 32.7 Å². The molecule has 6 nitrogen and oxygen atoms in total. The Morgan fingerprint density at radius 3 is 2.22 bits per heavy atom. The largest absolute Gasteiger partial charge is 0.358 e. The van der Waals surface area contributed by atoms with Gasteiger partial charge in [-0.2, -0.15) is 0 Å². The molecule has 1 aliphatic carbocycles. The second-order valence-corrected chi connectivity index (χ2v) is 6.39. The molecule has 136 valence electrons. The molecular formula is C15H30Cl2N4O2. The van der Waals surface area contributed by atoms with Crippen LogP contribution in [0.1, 0.15) is 38.5 Å². The molecular weight excluding hydrogens is 339 g/mol. The molecule has 0 bridgehead atoms. The number of carbonyl (C=O) groups excluding carboxylic acids is 2. The molecule has 2 amide bonds. The summed E-state index contributed by atoms with van der Waals surface area (Å²) in [6, 6.07) is 0.225. The number of nitrogens with zero attached hydrogens (tertiary/aromatic N) is 1. The van der Waals surface area contributed by atoms with Crippen LogP contribution in [0, 0.1) is 5.41 Å². The van der Waals surface area contributed by atoms with Gasteiger partial charge in [0.1, 0.15) is 0 Å².